The van der Waals surface area contributed by atoms with Crippen molar-refractivity contribution in [2.45, 2.75) is 64.1 Å². The van der Waals surface area contributed by atoms with E-state index in [-0.39, 0.29) is 31.0 Å². The van der Waals surface area contributed by atoms with Crippen LogP contribution in [0.5, 0.6) is 0 Å². The molecule has 2 N–H and O–H groups in total. The molecule has 1 aliphatic heterocycles. The molecule has 7 heteroatoms. The summed E-state index contributed by atoms with van der Waals surface area (Å²) in [5, 5.41) is 11.7. The van der Waals surface area contributed by atoms with Crippen LogP contribution in [-0.4, -0.2) is 53.2 Å². The number of nitrogens with zero attached hydrogens (tertiary/aromatic N) is 1. The standard InChI is InChI=1S/C14H24N2O5/c1-9-5-4-6-10(2)16(9)14(20)15-11(13(18)19)7-8-12(17)21-3/h9-11H,4-8H2,1-3H3,(H,15,20)(H,18,19)/t9?,10?,11-/m1/s1. The van der Waals surface area contributed by atoms with Crippen LogP contribution in [0, 0.1) is 0 Å². The third-order valence-electron chi connectivity index (χ3n) is 3.89. The van der Waals surface area contributed by atoms with Gasteiger partial charge >= 0.3 is 18.0 Å². The van der Waals surface area contributed by atoms with E-state index in [0.717, 1.165) is 19.3 Å². The lowest BCUT2D eigenvalue weighted by molar-refractivity contribution is -0.142. The van der Waals surface area contributed by atoms with Gasteiger partial charge in [0.15, 0.2) is 0 Å². The summed E-state index contributed by atoms with van der Waals surface area (Å²) in [5.41, 5.74) is 0. The molecule has 2 unspecified atom stereocenters. The van der Waals surface area contributed by atoms with Gasteiger partial charge in [-0.15, -0.1) is 0 Å². The van der Waals surface area contributed by atoms with Crippen molar-refractivity contribution in [3.63, 3.8) is 0 Å². The Bertz CT molecular complexity index is 389. The van der Waals surface area contributed by atoms with E-state index in [4.69, 9.17) is 5.11 Å². The molecule has 1 rings (SSSR count). The maximum atomic E-state index is 12.3. The molecule has 0 bridgehead atoms. The first kappa shape index (κ1) is 17.3. The molecule has 0 spiro atoms. The lowest BCUT2D eigenvalue weighted by atomic mass is 9.98. The number of carbonyl (C=O) groups is 3. The Kier molecular flexibility index (Phi) is 6.45. The van der Waals surface area contributed by atoms with Crippen LogP contribution in [-0.2, 0) is 14.3 Å². The molecule has 0 aliphatic carbocycles. The van der Waals surface area contributed by atoms with Gasteiger partial charge in [0, 0.05) is 18.5 Å². The van der Waals surface area contributed by atoms with Crippen molar-refractivity contribution >= 4 is 18.0 Å². The van der Waals surface area contributed by atoms with Crippen molar-refractivity contribution < 1.29 is 24.2 Å². The predicted octanol–water partition coefficient (Wildman–Crippen LogP) is 1.37. The zero-order valence-corrected chi connectivity index (χ0v) is 12.8. The minimum absolute atomic E-state index is 0.0182. The zero-order valence-electron chi connectivity index (χ0n) is 12.8. The Morgan fingerprint density at radius 2 is 1.86 bits per heavy atom. The first-order chi connectivity index (χ1) is 9.86. The number of esters is 1. The third kappa shape index (κ3) is 4.91. The van der Waals surface area contributed by atoms with Crippen molar-refractivity contribution in [2.75, 3.05) is 7.11 Å². The van der Waals surface area contributed by atoms with Crippen LogP contribution in [0.1, 0.15) is 46.0 Å². The van der Waals surface area contributed by atoms with E-state index in [1.54, 1.807) is 4.90 Å². The molecule has 7 nitrogen and oxygen atoms in total. The van der Waals surface area contributed by atoms with Gasteiger partial charge < -0.3 is 20.1 Å². The number of carbonyl (C=O) groups excluding carboxylic acids is 2. The van der Waals surface area contributed by atoms with E-state index in [1.807, 2.05) is 13.8 Å². The molecule has 21 heavy (non-hydrogen) atoms. The molecule has 0 saturated carbocycles. The van der Waals surface area contributed by atoms with E-state index < -0.39 is 18.0 Å². The van der Waals surface area contributed by atoms with E-state index in [0.29, 0.717) is 0 Å². The van der Waals surface area contributed by atoms with Gasteiger partial charge in [-0.05, 0) is 39.5 Å². The van der Waals surface area contributed by atoms with Crippen molar-refractivity contribution in [1.29, 1.82) is 0 Å². The highest BCUT2D eigenvalue weighted by atomic mass is 16.5. The molecular formula is C14H24N2O5. The Hall–Kier alpha value is -1.79. The molecule has 1 heterocycles. The average Bonchev–Trinajstić information content (AvgIpc) is 2.42. The van der Waals surface area contributed by atoms with E-state index >= 15 is 0 Å². The number of methoxy groups -OCH3 is 1. The number of nitrogens with one attached hydrogen (secondary N) is 1. The molecule has 0 aromatic rings. The molecule has 2 amide bonds. The number of ether oxygens (including phenoxy) is 1. The number of amides is 2. The first-order valence-electron chi connectivity index (χ1n) is 7.25. The number of rotatable bonds is 5. The number of carboxylic acid groups (broad SMARTS) is 1. The van der Waals surface area contributed by atoms with Crippen molar-refractivity contribution in [1.82, 2.24) is 10.2 Å². The molecule has 0 aromatic heterocycles. The molecule has 3 atom stereocenters. The fraction of sp³-hybridized carbons (Fsp3) is 0.786. The SMILES string of the molecule is COC(=O)CC[C@@H](NC(=O)N1C(C)CCCC1C)C(=O)O. The van der Waals surface area contributed by atoms with Crippen molar-refractivity contribution in [2.24, 2.45) is 0 Å². The number of piperidine rings is 1. The molecule has 1 fully saturated rings. The fourth-order valence-corrected chi connectivity index (χ4v) is 2.67. The summed E-state index contributed by atoms with van der Waals surface area (Å²) in [6, 6.07) is -1.29. The second-order valence-electron chi connectivity index (χ2n) is 5.49. The smallest absolute Gasteiger partial charge is 0.326 e. The topological polar surface area (TPSA) is 95.9 Å². The highest BCUT2D eigenvalue weighted by Crippen LogP contribution is 2.22. The van der Waals surface area contributed by atoms with E-state index in [2.05, 4.69) is 10.1 Å². The normalized spacial score (nSPS) is 23.3. The van der Waals surface area contributed by atoms with Crippen LogP contribution >= 0.6 is 0 Å². The molecule has 1 aliphatic rings. The van der Waals surface area contributed by atoms with Gasteiger partial charge in [0.05, 0.1) is 7.11 Å². The summed E-state index contributed by atoms with van der Waals surface area (Å²) >= 11 is 0. The second-order valence-corrected chi connectivity index (χ2v) is 5.49. The van der Waals surface area contributed by atoms with E-state index in [9.17, 15) is 14.4 Å². The highest BCUT2D eigenvalue weighted by molar-refractivity contribution is 5.83. The maximum Gasteiger partial charge on any atom is 0.326 e. The summed E-state index contributed by atoms with van der Waals surface area (Å²) in [7, 11) is 1.24. The largest absolute Gasteiger partial charge is 0.480 e. The van der Waals surface area contributed by atoms with Crippen LogP contribution in [0.4, 0.5) is 4.79 Å². The molecule has 120 valence electrons. The number of urea groups is 1. The monoisotopic (exact) mass is 300 g/mol. The van der Waals surface area contributed by atoms with E-state index in [1.165, 1.54) is 7.11 Å². The number of hydrogen-bond donors (Lipinski definition) is 2. The third-order valence-corrected chi connectivity index (χ3v) is 3.89. The minimum atomic E-state index is -1.15. The second kappa shape index (κ2) is 7.85. The number of likely N-dealkylation sites (tertiary alicyclic amines) is 1. The van der Waals surface area contributed by atoms with Crippen LogP contribution in [0.2, 0.25) is 0 Å². The summed E-state index contributed by atoms with van der Waals surface area (Å²) in [6.45, 7) is 3.92. The van der Waals surface area contributed by atoms with Gasteiger partial charge in [-0.2, -0.15) is 0 Å². The molecule has 1 saturated heterocycles. The van der Waals surface area contributed by atoms with Crippen LogP contribution in [0.3, 0.4) is 0 Å². The highest BCUT2D eigenvalue weighted by Gasteiger charge is 2.31. The van der Waals surface area contributed by atoms with Gasteiger partial charge in [-0.25, -0.2) is 9.59 Å². The lowest BCUT2D eigenvalue weighted by Crippen LogP contribution is -2.55. The Labute approximate surface area is 124 Å². The van der Waals surface area contributed by atoms with Crippen LogP contribution < -0.4 is 5.32 Å². The fourth-order valence-electron chi connectivity index (χ4n) is 2.67. The molecular weight excluding hydrogens is 276 g/mol. The van der Waals surface area contributed by atoms with Gasteiger partial charge in [-0.3, -0.25) is 4.79 Å². The van der Waals surface area contributed by atoms with Crippen LogP contribution in [0.15, 0.2) is 0 Å². The Morgan fingerprint density at radius 1 is 1.29 bits per heavy atom. The summed E-state index contributed by atoms with van der Waals surface area (Å²) in [4.78, 5) is 36.3. The molecule has 0 aromatic carbocycles. The number of carboxylic acids is 1. The van der Waals surface area contributed by atoms with Crippen molar-refractivity contribution in [3.05, 3.63) is 0 Å². The maximum absolute atomic E-state index is 12.3. The summed E-state index contributed by atoms with van der Waals surface area (Å²) in [5.74, 6) is -1.64. The lowest BCUT2D eigenvalue weighted by Gasteiger charge is -2.39. The summed E-state index contributed by atoms with van der Waals surface area (Å²) < 4.78 is 4.48. The van der Waals surface area contributed by atoms with Crippen molar-refractivity contribution in [3.8, 4) is 0 Å². The average molecular weight is 300 g/mol. The number of aliphatic carboxylic acids is 1. The predicted molar refractivity (Wildman–Crippen MR) is 75.8 cm³/mol. The van der Waals surface area contributed by atoms with Gasteiger partial charge in [-0.1, -0.05) is 0 Å². The first-order valence-corrected chi connectivity index (χ1v) is 7.25. The molecule has 0 radical (unpaired) electrons. The Balaban J connectivity index is 2.63. The Morgan fingerprint density at radius 3 is 2.33 bits per heavy atom. The number of hydrogen-bond acceptors (Lipinski definition) is 4. The zero-order chi connectivity index (χ0) is 16.0. The minimum Gasteiger partial charge on any atom is -0.480 e. The van der Waals surface area contributed by atoms with Gasteiger partial charge in [0.2, 0.25) is 0 Å². The van der Waals surface area contributed by atoms with Crippen LogP contribution in [0.25, 0.3) is 0 Å². The summed E-state index contributed by atoms with van der Waals surface area (Å²) in [6.07, 6.45) is 2.87. The van der Waals surface area contributed by atoms with Gasteiger partial charge in [0.1, 0.15) is 6.04 Å². The quantitative estimate of drug-likeness (QED) is 0.747. The van der Waals surface area contributed by atoms with Gasteiger partial charge in [0.25, 0.3) is 0 Å².